The zero-order valence-electron chi connectivity index (χ0n) is 20.3. The Morgan fingerprint density at radius 1 is 1.17 bits per heavy atom. The van der Waals surface area contributed by atoms with Gasteiger partial charge in [-0.3, -0.25) is 4.90 Å². The van der Waals surface area contributed by atoms with E-state index < -0.39 is 21.1 Å². The van der Waals surface area contributed by atoms with Crippen LogP contribution in [0, 0.1) is 0 Å². The predicted molar refractivity (Wildman–Crippen MR) is 140 cm³/mol. The fourth-order valence-corrected chi connectivity index (χ4v) is 6.99. The number of hydrogen-bond donors (Lipinski definition) is 1. The summed E-state index contributed by atoms with van der Waals surface area (Å²) in [5.41, 5.74) is 2.39. The summed E-state index contributed by atoms with van der Waals surface area (Å²) in [4.78, 5) is 15.7. The minimum atomic E-state index is -3.68. The molecule has 1 atom stereocenters. The van der Waals surface area contributed by atoms with Gasteiger partial charge in [-0.1, -0.05) is 37.3 Å². The molecule has 3 aromatic rings. The lowest BCUT2D eigenvalue weighted by atomic mass is 10.00. The molecule has 9 heteroatoms. The van der Waals surface area contributed by atoms with E-state index in [0.717, 1.165) is 25.9 Å². The summed E-state index contributed by atoms with van der Waals surface area (Å²) in [6, 6.07) is 10.7. The third kappa shape index (κ3) is 4.73. The number of sulfone groups is 1. The number of ether oxygens (including phenoxy) is 1. The molecule has 1 aliphatic rings. The number of fused-ring (bicyclic) bond motifs is 1. The zero-order chi connectivity index (χ0) is 25.3. The van der Waals surface area contributed by atoms with Gasteiger partial charge in [0.25, 0.3) is 0 Å². The summed E-state index contributed by atoms with van der Waals surface area (Å²) in [7, 11) is -1.91. The number of carbonyl (C=O) groups excluding carboxylic acids is 1. The summed E-state index contributed by atoms with van der Waals surface area (Å²) in [6.45, 7) is 5.74. The van der Waals surface area contributed by atoms with Gasteiger partial charge in [0, 0.05) is 30.3 Å². The van der Waals surface area contributed by atoms with Crippen molar-refractivity contribution in [3.05, 3.63) is 63.3 Å². The van der Waals surface area contributed by atoms with Crippen molar-refractivity contribution in [2.24, 2.45) is 7.05 Å². The van der Waals surface area contributed by atoms with E-state index in [0.29, 0.717) is 38.7 Å². The normalized spacial score (nSPS) is 15.5. The number of esters is 1. The highest BCUT2D eigenvalue weighted by molar-refractivity contribution is 9.10. The maximum atomic E-state index is 13.5. The number of phenols is 1. The molecule has 1 aliphatic heterocycles. The van der Waals surface area contributed by atoms with Gasteiger partial charge in [0.1, 0.15) is 11.0 Å². The van der Waals surface area contributed by atoms with Crippen molar-refractivity contribution < 1.29 is 23.1 Å². The number of nitrogens with zero attached hydrogens (tertiary/aromatic N) is 2. The van der Waals surface area contributed by atoms with Crippen LogP contribution in [0.4, 0.5) is 0 Å². The highest BCUT2D eigenvalue weighted by atomic mass is 79.9. The molecule has 1 saturated heterocycles. The van der Waals surface area contributed by atoms with Crippen molar-refractivity contribution in [1.29, 1.82) is 0 Å². The molecule has 0 spiro atoms. The Kier molecular flexibility index (Phi) is 7.59. The van der Waals surface area contributed by atoms with Crippen LogP contribution in [0.2, 0.25) is 0 Å². The van der Waals surface area contributed by atoms with E-state index >= 15 is 0 Å². The average Bonchev–Trinajstić information content (AvgIpc) is 3.45. The maximum absolute atomic E-state index is 13.5. The first kappa shape index (κ1) is 25.7. The molecule has 4 rings (SSSR count). The van der Waals surface area contributed by atoms with Crippen molar-refractivity contribution in [3.8, 4) is 5.75 Å². The van der Waals surface area contributed by atoms with Crippen molar-refractivity contribution >= 4 is 42.6 Å². The number of aryl methyl sites for hydroxylation is 1. The summed E-state index contributed by atoms with van der Waals surface area (Å²) in [6.07, 6.45) is 2.15. The highest BCUT2D eigenvalue weighted by Gasteiger charge is 2.37. The maximum Gasteiger partial charge on any atom is 0.340 e. The van der Waals surface area contributed by atoms with Gasteiger partial charge >= 0.3 is 5.97 Å². The lowest BCUT2D eigenvalue weighted by Crippen LogP contribution is -2.22. The third-order valence-electron chi connectivity index (χ3n) is 6.73. The Balaban J connectivity index is 2.11. The monoisotopic (exact) mass is 562 g/mol. The number of rotatable bonds is 8. The molecule has 0 radical (unpaired) electrons. The number of aromatic hydroxyl groups is 1. The van der Waals surface area contributed by atoms with Crippen LogP contribution < -0.4 is 0 Å². The Labute approximate surface area is 214 Å². The van der Waals surface area contributed by atoms with Gasteiger partial charge in [0.05, 0.1) is 27.9 Å². The van der Waals surface area contributed by atoms with Gasteiger partial charge in [-0.2, -0.15) is 0 Å². The van der Waals surface area contributed by atoms with Crippen LogP contribution in [0.3, 0.4) is 0 Å². The number of benzene rings is 2. The highest BCUT2D eigenvalue weighted by Crippen LogP contribution is 2.44. The number of halogens is 1. The Morgan fingerprint density at radius 3 is 2.43 bits per heavy atom. The van der Waals surface area contributed by atoms with Crippen LogP contribution in [0.15, 0.2) is 40.9 Å². The minimum absolute atomic E-state index is 0.0571. The first-order valence-corrected chi connectivity index (χ1v) is 14.4. The second kappa shape index (κ2) is 10.3. The molecule has 35 heavy (non-hydrogen) atoms. The lowest BCUT2D eigenvalue weighted by molar-refractivity contribution is 0.0527. The molecule has 0 aliphatic carbocycles. The number of phenolic OH excluding ortho intramolecular Hbond substituents is 1. The Morgan fingerprint density at radius 2 is 1.83 bits per heavy atom. The molecular formula is C26H31BrN2O5S. The molecule has 1 fully saturated rings. The molecular weight excluding hydrogens is 532 g/mol. The van der Waals surface area contributed by atoms with Gasteiger partial charge in [-0.05, 0) is 60.4 Å². The largest absolute Gasteiger partial charge is 0.506 e. The quantitative estimate of drug-likeness (QED) is 0.391. The Hall–Kier alpha value is -2.36. The fraction of sp³-hybridized carbons (Fsp3) is 0.423. The van der Waals surface area contributed by atoms with E-state index in [-0.39, 0.29) is 23.7 Å². The van der Waals surface area contributed by atoms with E-state index in [4.69, 9.17) is 4.74 Å². The first-order chi connectivity index (χ1) is 16.7. The molecule has 0 saturated carbocycles. The number of likely N-dealkylation sites (tertiary alicyclic amines) is 1. The molecule has 0 amide bonds. The average molecular weight is 564 g/mol. The Bertz CT molecular complexity index is 1350. The van der Waals surface area contributed by atoms with Crippen LogP contribution >= 0.6 is 15.9 Å². The lowest BCUT2D eigenvalue weighted by Gasteiger charge is -2.20. The fourth-order valence-electron chi connectivity index (χ4n) is 5.01. The molecule has 2 heterocycles. The van der Waals surface area contributed by atoms with E-state index in [9.17, 15) is 18.3 Å². The van der Waals surface area contributed by atoms with Crippen LogP contribution in [-0.2, 0) is 28.2 Å². The summed E-state index contributed by atoms with van der Waals surface area (Å²) in [5, 5.41) is 10.6. The third-order valence-corrected chi connectivity index (χ3v) is 9.36. The number of hydrogen-bond acceptors (Lipinski definition) is 6. The van der Waals surface area contributed by atoms with Crippen LogP contribution in [0.5, 0.6) is 5.75 Å². The molecule has 0 bridgehead atoms. The van der Waals surface area contributed by atoms with Crippen molar-refractivity contribution in [1.82, 2.24) is 9.47 Å². The van der Waals surface area contributed by atoms with Gasteiger partial charge in [0.15, 0.2) is 9.84 Å². The van der Waals surface area contributed by atoms with Crippen molar-refractivity contribution in [2.75, 3.05) is 25.4 Å². The van der Waals surface area contributed by atoms with Crippen LogP contribution in [0.25, 0.3) is 10.9 Å². The second-order valence-corrected chi connectivity index (χ2v) is 12.1. The van der Waals surface area contributed by atoms with E-state index in [1.165, 1.54) is 0 Å². The van der Waals surface area contributed by atoms with Crippen LogP contribution in [0.1, 0.15) is 59.1 Å². The van der Waals surface area contributed by atoms with Gasteiger partial charge < -0.3 is 14.4 Å². The SMILES string of the molecule is CCOC(=O)c1c(C(c2ccccc2)S(=O)(=O)CC)n(C)c2cc(Br)c(O)c(CN3CCCC3)c12. The molecule has 1 aromatic heterocycles. The van der Waals surface area contributed by atoms with Gasteiger partial charge in [0.2, 0.25) is 0 Å². The second-order valence-electron chi connectivity index (χ2n) is 8.84. The van der Waals surface area contributed by atoms with Crippen molar-refractivity contribution in [3.63, 3.8) is 0 Å². The molecule has 7 nitrogen and oxygen atoms in total. The summed E-state index contributed by atoms with van der Waals surface area (Å²) >= 11 is 3.47. The topological polar surface area (TPSA) is 88.8 Å². The minimum Gasteiger partial charge on any atom is -0.506 e. The molecule has 1 N–H and O–H groups in total. The molecule has 2 aromatic carbocycles. The van der Waals surface area contributed by atoms with E-state index in [1.807, 2.05) is 6.07 Å². The molecule has 1 unspecified atom stereocenters. The molecule has 188 valence electrons. The van der Waals surface area contributed by atoms with Gasteiger partial charge in [-0.25, -0.2) is 13.2 Å². The summed E-state index contributed by atoms with van der Waals surface area (Å²) in [5.74, 6) is -0.627. The van der Waals surface area contributed by atoms with E-state index in [1.54, 1.807) is 55.8 Å². The number of carbonyl (C=O) groups is 1. The predicted octanol–water partition coefficient (Wildman–Crippen LogP) is 4.94. The van der Waals surface area contributed by atoms with E-state index in [2.05, 4.69) is 20.8 Å². The van der Waals surface area contributed by atoms with Crippen molar-refractivity contribution in [2.45, 2.75) is 38.5 Å². The standard InChI is InChI=1S/C26H31BrN2O5S/c1-4-34-26(31)22-21-18(16-29-13-9-10-14-29)24(30)19(27)15-20(21)28(3)23(22)25(35(32,33)5-2)17-11-7-6-8-12-17/h6-8,11-12,15,25,30H,4-5,9-10,13-14,16H2,1-3H3. The summed E-state index contributed by atoms with van der Waals surface area (Å²) < 4.78 is 34.8. The number of aromatic nitrogens is 1. The smallest absolute Gasteiger partial charge is 0.340 e. The first-order valence-electron chi connectivity index (χ1n) is 11.9. The van der Waals surface area contributed by atoms with Crippen LogP contribution in [-0.4, -0.2) is 54.4 Å². The van der Waals surface area contributed by atoms with Gasteiger partial charge in [-0.15, -0.1) is 0 Å². The zero-order valence-corrected chi connectivity index (χ0v) is 22.7.